The smallest absolute Gasteiger partial charge is 0.254 e. The number of carbonyl (C=O) groups excluding carboxylic acids is 2. The Morgan fingerprint density at radius 3 is 2.77 bits per heavy atom. The lowest BCUT2D eigenvalue weighted by Gasteiger charge is -2.25. The van der Waals surface area contributed by atoms with Gasteiger partial charge in [0.25, 0.3) is 5.91 Å². The van der Waals surface area contributed by atoms with Crippen LogP contribution in [0.3, 0.4) is 0 Å². The number of unbranched alkanes of at least 4 members (excludes halogenated alkanes) is 1. The van der Waals surface area contributed by atoms with Gasteiger partial charge >= 0.3 is 0 Å². The molecule has 0 saturated carbocycles. The second-order valence-electron chi connectivity index (χ2n) is 6.99. The lowest BCUT2D eigenvalue weighted by Crippen LogP contribution is -2.44. The molecule has 5 nitrogen and oxygen atoms in total. The van der Waals surface area contributed by atoms with Crippen molar-refractivity contribution >= 4 is 40.9 Å². The van der Waals surface area contributed by atoms with Crippen molar-refractivity contribution < 1.29 is 18.4 Å². The molecule has 2 aromatic rings. The quantitative estimate of drug-likeness (QED) is 0.645. The Morgan fingerprint density at radius 2 is 2.07 bits per heavy atom. The van der Waals surface area contributed by atoms with Crippen molar-refractivity contribution in [3.63, 3.8) is 0 Å². The zero-order chi connectivity index (χ0) is 21.8. The van der Waals surface area contributed by atoms with Crippen LogP contribution in [0.15, 0.2) is 35.2 Å². The van der Waals surface area contributed by atoms with Crippen LogP contribution in [-0.4, -0.2) is 30.2 Å². The van der Waals surface area contributed by atoms with Crippen molar-refractivity contribution in [1.82, 2.24) is 5.32 Å². The summed E-state index contributed by atoms with van der Waals surface area (Å²) >= 11 is 7.04. The van der Waals surface area contributed by atoms with Gasteiger partial charge in [-0.05, 0) is 30.7 Å². The van der Waals surface area contributed by atoms with E-state index in [2.05, 4.69) is 5.32 Å². The van der Waals surface area contributed by atoms with Crippen molar-refractivity contribution in [1.29, 1.82) is 0 Å². The Labute approximate surface area is 182 Å². The van der Waals surface area contributed by atoms with Crippen LogP contribution in [0.25, 0.3) is 0 Å². The van der Waals surface area contributed by atoms with Gasteiger partial charge in [0, 0.05) is 27.8 Å². The lowest BCUT2D eigenvalue weighted by atomic mass is 10.1. The van der Waals surface area contributed by atoms with Crippen LogP contribution in [-0.2, 0) is 11.3 Å². The van der Waals surface area contributed by atoms with Crippen molar-refractivity contribution in [2.45, 2.75) is 37.2 Å². The van der Waals surface area contributed by atoms with Crippen LogP contribution in [0.4, 0.5) is 14.5 Å². The largest absolute Gasteiger partial charge is 0.352 e. The maximum absolute atomic E-state index is 14.6. The number of anilines is 1. The van der Waals surface area contributed by atoms with E-state index in [0.29, 0.717) is 17.1 Å². The number of halogens is 3. The van der Waals surface area contributed by atoms with E-state index in [4.69, 9.17) is 17.3 Å². The van der Waals surface area contributed by atoms with Crippen LogP contribution < -0.4 is 16.0 Å². The van der Waals surface area contributed by atoms with E-state index >= 15 is 0 Å². The zero-order valence-electron chi connectivity index (χ0n) is 16.4. The predicted molar refractivity (Wildman–Crippen MR) is 115 cm³/mol. The first-order valence-corrected chi connectivity index (χ1v) is 10.9. The minimum Gasteiger partial charge on any atom is -0.352 e. The van der Waals surface area contributed by atoms with E-state index < -0.39 is 29.5 Å². The number of amides is 2. The van der Waals surface area contributed by atoms with E-state index in [1.165, 1.54) is 40.9 Å². The second kappa shape index (κ2) is 9.76. The Bertz CT molecular complexity index is 974. The van der Waals surface area contributed by atoms with Gasteiger partial charge in [-0.2, -0.15) is 0 Å². The summed E-state index contributed by atoms with van der Waals surface area (Å²) in [7, 11) is 0. The second-order valence-corrected chi connectivity index (χ2v) is 8.49. The minimum atomic E-state index is -0.845. The van der Waals surface area contributed by atoms with Crippen molar-refractivity contribution in [2.75, 3.05) is 17.2 Å². The molecule has 0 fully saturated rings. The average Bonchev–Trinajstić information content (AvgIpc) is 2.81. The standard InChI is InChI=1S/C21H22ClF2N3O2S/c1-2-3-6-26-20(28)14-8-18-19(9-16(14)24)30-11-17(25)21(29)27(18)10-12-4-5-13(22)7-15(12)23/h4-5,7-9,17H,2-3,6,10-11,25H2,1H3,(H,26,28)/t17-/m0/s1. The third kappa shape index (κ3) is 4.94. The van der Waals surface area contributed by atoms with Gasteiger partial charge in [0.15, 0.2) is 0 Å². The van der Waals surface area contributed by atoms with Gasteiger partial charge < -0.3 is 16.0 Å². The van der Waals surface area contributed by atoms with Gasteiger partial charge in [-0.1, -0.05) is 31.0 Å². The normalized spacial score (nSPS) is 16.2. The third-order valence-electron chi connectivity index (χ3n) is 4.75. The van der Waals surface area contributed by atoms with Gasteiger partial charge in [-0.3, -0.25) is 9.59 Å². The molecule has 0 saturated heterocycles. The monoisotopic (exact) mass is 453 g/mol. The van der Waals surface area contributed by atoms with E-state index in [0.717, 1.165) is 18.9 Å². The average molecular weight is 454 g/mol. The summed E-state index contributed by atoms with van der Waals surface area (Å²) in [5.41, 5.74) is 6.37. The van der Waals surface area contributed by atoms with E-state index in [1.807, 2.05) is 6.92 Å². The molecule has 30 heavy (non-hydrogen) atoms. The summed E-state index contributed by atoms with van der Waals surface area (Å²) in [5.74, 6) is -2.00. The fraction of sp³-hybridized carbons (Fsp3) is 0.333. The molecular formula is C21H22ClF2N3O2S. The Kier molecular flexibility index (Phi) is 7.33. The van der Waals surface area contributed by atoms with Gasteiger partial charge in [0.05, 0.1) is 23.8 Å². The maximum atomic E-state index is 14.6. The number of hydrogen-bond donors (Lipinski definition) is 2. The molecule has 0 unspecified atom stereocenters. The first-order chi connectivity index (χ1) is 14.3. The van der Waals surface area contributed by atoms with E-state index in [9.17, 15) is 18.4 Å². The molecule has 9 heteroatoms. The van der Waals surface area contributed by atoms with Crippen molar-refractivity contribution in [2.24, 2.45) is 5.73 Å². The fourth-order valence-electron chi connectivity index (χ4n) is 3.07. The summed E-state index contributed by atoms with van der Waals surface area (Å²) in [4.78, 5) is 27.1. The molecular weight excluding hydrogens is 432 g/mol. The van der Waals surface area contributed by atoms with Crippen LogP contribution in [0, 0.1) is 11.6 Å². The molecule has 3 N–H and O–H groups in total. The number of nitrogens with zero attached hydrogens (tertiary/aromatic N) is 1. The summed E-state index contributed by atoms with van der Waals surface area (Å²) in [6.07, 6.45) is 1.65. The number of fused-ring (bicyclic) bond motifs is 1. The molecule has 1 aliphatic heterocycles. The van der Waals surface area contributed by atoms with Gasteiger partial charge in [-0.25, -0.2) is 8.78 Å². The summed E-state index contributed by atoms with van der Waals surface area (Å²) in [6, 6.07) is 5.88. The van der Waals surface area contributed by atoms with E-state index in [-0.39, 0.29) is 28.4 Å². The van der Waals surface area contributed by atoms with Crippen LogP contribution in [0.5, 0.6) is 0 Å². The number of nitrogens with two attached hydrogens (primary N) is 1. The number of rotatable bonds is 6. The van der Waals surface area contributed by atoms with Gasteiger partial charge in [0.2, 0.25) is 5.91 Å². The van der Waals surface area contributed by atoms with Crippen LogP contribution in [0.1, 0.15) is 35.7 Å². The summed E-state index contributed by atoms with van der Waals surface area (Å²) in [5, 5.41) is 2.91. The van der Waals surface area contributed by atoms with Gasteiger partial charge in [-0.15, -0.1) is 11.8 Å². The molecule has 1 atom stereocenters. The molecule has 2 amide bonds. The molecule has 0 spiro atoms. The first kappa shape index (κ1) is 22.5. The Morgan fingerprint density at radius 1 is 1.30 bits per heavy atom. The number of nitrogens with one attached hydrogen (secondary N) is 1. The molecule has 0 aliphatic carbocycles. The van der Waals surface area contributed by atoms with Crippen LogP contribution in [0.2, 0.25) is 5.02 Å². The fourth-order valence-corrected chi connectivity index (χ4v) is 4.24. The summed E-state index contributed by atoms with van der Waals surface area (Å²) in [6.45, 7) is 2.28. The van der Waals surface area contributed by atoms with Gasteiger partial charge in [0.1, 0.15) is 11.6 Å². The van der Waals surface area contributed by atoms with E-state index in [1.54, 1.807) is 0 Å². The molecule has 0 radical (unpaired) electrons. The molecule has 1 heterocycles. The predicted octanol–water partition coefficient (Wildman–Crippen LogP) is 4.11. The molecule has 2 aromatic carbocycles. The minimum absolute atomic E-state index is 0.119. The molecule has 0 bridgehead atoms. The highest BCUT2D eigenvalue weighted by Gasteiger charge is 2.31. The van der Waals surface area contributed by atoms with Crippen molar-refractivity contribution in [3.8, 4) is 0 Å². The maximum Gasteiger partial charge on any atom is 0.254 e. The first-order valence-electron chi connectivity index (χ1n) is 9.57. The molecule has 160 valence electrons. The zero-order valence-corrected chi connectivity index (χ0v) is 18.0. The number of benzene rings is 2. The SMILES string of the molecule is CCCCNC(=O)c1cc2c(cc1F)SC[C@H](N)C(=O)N2Cc1ccc(Cl)cc1F. The molecule has 1 aliphatic rings. The number of thioether (sulfide) groups is 1. The topological polar surface area (TPSA) is 75.4 Å². The Hall–Kier alpha value is -2.16. The summed E-state index contributed by atoms with van der Waals surface area (Å²) < 4.78 is 29.0. The highest BCUT2D eigenvalue weighted by Crippen LogP contribution is 2.37. The Balaban J connectivity index is 2.01. The molecule has 3 rings (SSSR count). The highest BCUT2D eigenvalue weighted by atomic mass is 35.5. The van der Waals surface area contributed by atoms with Crippen molar-refractivity contribution in [3.05, 3.63) is 58.1 Å². The van der Waals surface area contributed by atoms with Crippen LogP contribution >= 0.6 is 23.4 Å². The molecule has 0 aromatic heterocycles. The number of carbonyl (C=O) groups is 2. The lowest BCUT2D eigenvalue weighted by molar-refractivity contribution is -0.119. The highest BCUT2D eigenvalue weighted by molar-refractivity contribution is 7.99. The number of hydrogen-bond acceptors (Lipinski definition) is 4. The third-order valence-corrected chi connectivity index (χ3v) is 6.14.